The summed E-state index contributed by atoms with van der Waals surface area (Å²) in [5.74, 6) is 0.506. The highest BCUT2D eigenvalue weighted by Gasteiger charge is 2.22. The fraction of sp³-hybridized carbons (Fsp3) is 0.562. The summed E-state index contributed by atoms with van der Waals surface area (Å²) in [5, 5.41) is 0. The second-order valence-electron chi connectivity index (χ2n) is 5.96. The number of sulfone groups is 1. The molecule has 0 aliphatic carbocycles. The maximum atomic E-state index is 11.4. The Balaban J connectivity index is 1.67. The van der Waals surface area contributed by atoms with Gasteiger partial charge in [0.2, 0.25) is 5.91 Å². The van der Waals surface area contributed by atoms with Gasteiger partial charge in [-0.25, -0.2) is 8.42 Å². The molecule has 0 atom stereocenters. The van der Waals surface area contributed by atoms with Gasteiger partial charge in [-0.2, -0.15) is 0 Å². The lowest BCUT2D eigenvalue weighted by Gasteiger charge is -2.30. The van der Waals surface area contributed by atoms with Gasteiger partial charge in [-0.05, 0) is 56.6 Å². The van der Waals surface area contributed by atoms with E-state index in [1.54, 1.807) is 24.3 Å². The molecule has 128 valence electrons. The van der Waals surface area contributed by atoms with Crippen LogP contribution in [0.25, 0.3) is 0 Å². The van der Waals surface area contributed by atoms with Crippen molar-refractivity contribution < 1.29 is 17.9 Å². The molecule has 1 amide bonds. The number of likely N-dealkylation sites (tertiary alicyclic amines) is 1. The molecule has 0 radical (unpaired) electrons. The van der Waals surface area contributed by atoms with Gasteiger partial charge in [0.1, 0.15) is 5.75 Å². The van der Waals surface area contributed by atoms with Crippen LogP contribution in [0.15, 0.2) is 29.2 Å². The zero-order chi connectivity index (χ0) is 16.9. The van der Waals surface area contributed by atoms with Crippen molar-refractivity contribution in [1.82, 2.24) is 4.90 Å². The Morgan fingerprint density at radius 1 is 1.26 bits per heavy atom. The van der Waals surface area contributed by atoms with Crippen LogP contribution in [0, 0.1) is 5.92 Å². The van der Waals surface area contributed by atoms with Crippen molar-refractivity contribution in [3.05, 3.63) is 24.3 Å². The molecule has 0 spiro atoms. The van der Waals surface area contributed by atoms with Crippen LogP contribution < -0.4 is 10.5 Å². The molecule has 1 fully saturated rings. The van der Waals surface area contributed by atoms with Crippen molar-refractivity contribution in [1.29, 1.82) is 0 Å². The Morgan fingerprint density at radius 2 is 1.87 bits per heavy atom. The summed E-state index contributed by atoms with van der Waals surface area (Å²) in [6.07, 6.45) is 3.74. The van der Waals surface area contributed by atoms with E-state index in [0.717, 1.165) is 38.9 Å². The van der Waals surface area contributed by atoms with E-state index in [9.17, 15) is 13.2 Å². The summed E-state index contributed by atoms with van der Waals surface area (Å²) in [7, 11) is -3.17. The van der Waals surface area contributed by atoms with E-state index in [1.165, 1.54) is 6.26 Å². The van der Waals surface area contributed by atoms with Crippen LogP contribution in [0.3, 0.4) is 0 Å². The van der Waals surface area contributed by atoms with Gasteiger partial charge in [-0.3, -0.25) is 4.79 Å². The number of ether oxygens (including phenoxy) is 1. The molecule has 0 unspecified atom stereocenters. The van der Waals surface area contributed by atoms with Crippen LogP contribution in [0.4, 0.5) is 0 Å². The number of primary amides is 1. The van der Waals surface area contributed by atoms with Crippen molar-refractivity contribution in [3.8, 4) is 5.75 Å². The number of benzene rings is 1. The van der Waals surface area contributed by atoms with Gasteiger partial charge in [0, 0.05) is 18.7 Å². The average molecular weight is 340 g/mol. The molecule has 1 aromatic rings. The van der Waals surface area contributed by atoms with Crippen molar-refractivity contribution in [2.45, 2.75) is 24.2 Å². The summed E-state index contributed by atoms with van der Waals surface area (Å²) < 4.78 is 28.4. The quantitative estimate of drug-likeness (QED) is 0.750. The lowest BCUT2D eigenvalue weighted by Crippen LogP contribution is -2.39. The monoisotopic (exact) mass is 340 g/mol. The zero-order valence-corrected chi connectivity index (χ0v) is 14.2. The number of piperidine rings is 1. The van der Waals surface area contributed by atoms with Crippen LogP contribution in [-0.2, 0) is 14.6 Å². The van der Waals surface area contributed by atoms with Gasteiger partial charge in [0.05, 0.1) is 11.5 Å². The van der Waals surface area contributed by atoms with Crippen molar-refractivity contribution in [3.63, 3.8) is 0 Å². The molecule has 7 heteroatoms. The SMILES string of the molecule is CS(=O)(=O)c1ccc(OCCCN2CCC(C(N)=O)CC2)cc1. The van der Waals surface area contributed by atoms with E-state index in [-0.39, 0.29) is 11.8 Å². The predicted molar refractivity (Wildman–Crippen MR) is 88.0 cm³/mol. The molecule has 1 aromatic carbocycles. The summed E-state index contributed by atoms with van der Waals surface area (Å²) in [4.78, 5) is 13.7. The highest BCUT2D eigenvalue weighted by atomic mass is 32.2. The number of nitrogens with zero attached hydrogens (tertiary/aromatic N) is 1. The van der Waals surface area contributed by atoms with E-state index in [0.29, 0.717) is 17.3 Å². The first-order valence-electron chi connectivity index (χ1n) is 7.81. The van der Waals surface area contributed by atoms with Crippen LogP contribution in [-0.4, -0.2) is 51.7 Å². The Hall–Kier alpha value is -1.60. The molecule has 0 saturated carbocycles. The largest absolute Gasteiger partial charge is 0.494 e. The Morgan fingerprint density at radius 3 is 2.39 bits per heavy atom. The molecular weight excluding hydrogens is 316 g/mol. The smallest absolute Gasteiger partial charge is 0.220 e. The maximum Gasteiger partial charge on any atom is 0.220 e. The van der Waals surface area contributed by atoms with Gasteiger partial charge in [0.15, 0.2) is 9.84 Å². The van der Waals surface area contributed by atoms with E-state index in [2.05, 4.69) is 4.90 Å². The third kappa shape index (κ3) is 5.51. The first kappa shape index (κ1) is 17.7. The van der Waals surface area contributed by atoms with Crippen molar-refractivity contribution >= 4 is 15.7 Å². The normalized spacial score (nSPS) is 17.1. The van der Waals surface area contributed by atoms with Gasteiger partial charge >= 0.3 is 0 Å². The number of hydrogen-bond acceptors (Lipinski definition) is 5. The van der Waals surface area contributed by atoms with E-state index >= 15 is 0 Å². The van der Waals surface area contributed by atoms with Gasteiger partial charge in [-0.1, -0.05) is 0 Å². The average Bonchev–Trinajstić information content (AvgIpc) is 2.51. The Labute approximate surface area is 137 Å². The van der Waals surface area contributed by atoms with Crippen molar-refractivity contribution in [2.75, 3.05) is 32.5 Å². The van der Waals surface area contributed by atoms with E-state index < -0.39 is 9.84 Å². The second-order valence-corrected chi connectivity index (χ2v) is 7.98. The zero-order valence-electron chi connectivity index (χ0n) is 13.4. The fourth-order valence-electron chi connectivity index (χ4n) is 2.70. The first-order valence-corrected chi connectivity index (χ1v) is 9.70. The number of carbonyl (C=O) groups excluding carboxylic acids is 1. The molecule has 1 saturated heterocycles. The number of carbonyl (C=O) groups is 1. The number of rotatable bonds is 7. The molecule has 6 nitrogen and oxygen atoms in total. The predicted octanol–water partition coefficient (Wildman–Crippen LogP) is 1.06. The summed E-state index contributed by atoms with van der Waals surface area (Å²) in [6.45, 7) is 3.30. The summed E-state index contributed by atoms with van der Waals surface area (Å²) in [6, 6.07) is 6.46. The van der Waals surface area contributed by atoms with Gasteiger partial charge < -0.3 is 15.4 Å². The van der Waals surface area contributed by atoms with Crippen LogP contribution in [0.5, 0.6) is 5.75 Å². The minimum Gasteiger partial charge on any atom is -0.494 e. The molecule has 2 rings (SSSR count). The lowest BCUT2D eigenvalue weighted by molar-refractivity contribution is -0.123. The van der Waals surface area contributed by atoms with Crippen molar-refractivity contribution in [2.24, 2.45) is 11.7 Å². The Kier molecular flexibility index (Phi) is 6.01. The summed E-state index contributed by atoms with van der Waals surface area (Å²) >= 11 is 0. The molecule has 1 aliphatic rings. The highest BCUT2D eigenvalue weighted by Crippen LogP contribution is 2.18. The third-order valence-corrected chi connectivity index (χ3v) is 5.26. The molecule has 23 heavy (non-hydrogen) atoms. The fourth-order valence-corrected chi connectivity index (χ4v) is 3.33. The van der Waals surface area contributed by atoms with Crippen LogP contribution >= 0.6 is 0 Å². The van der Waals surface area contributed by atoms with E-state index in [1.807, 2.05) is 0 Å². The first-order chi connectivity index (χ1) is 10.9. The van der Waals surface area contributed by atoms with Gasteiger partial charge in [-0.15, -0.1) is 0 Å². The lowest BCUT2D eigenvalue weighted by atomic mass is 9.96. The highest BCUT2D eigenvalue weighted by molar-refractivity contribution is 7.90. The topological polar surface area (TPSA) is 89.7 Å². The van der Waals surface area contributed by atoms with Crippen LogP contribution in [0.1, 0.15) is 19.3 Å². The maximum absolute atomic E-state index is 11.4. The molecule has 0 aromatic heterocycles. The summed E-state index contributed by atoms with van der Waals surface area (Å²) in [5.41, 5.74) is 5.32. The standard InChI is InChI=1S/C16H24N2O4S/c1-23(20,21)15-5-3-14(4-6-15)22-12-2-9-18-10-7-13(8-11-18)16(17)19/h3-6,13H,2,7-12H2,1H3,(H2,17,19). The van der Waals surface area contributed by atoms with E-state index in [4.69, 9.17) is 10.5 Å². The molecule has 1 heterocycles. The number of hydrogen-bond donors (Lipinski definition) is 1. The molecule has 0 bridgehead atoms. The minimum atomic E-state index is -3.17. The molecule has 1 aliphatic heterocycles. The number of amides is 1. The third-order valence-electron chi connectivity index (χ3n) is 4.13. The van der Waals surface area contributed by atoms with Gasteiger partial charge in [0.25, 0.3) is 0 Å². The Bertz CT molecular complexity index is 620. The number of nitrogens with two attached hydrogens (primary N) is 1. The van der Waals surface area contributed by atoms with Crippen LogP contribution in [0.2, 0.25) is 0 Å². The molecule has 2 N–H and O–H groups in total. The molecular formula is C16H24N2O4S. The minimum absolute atomic E-state index is 0.0239. The second kappa shape index (κ2) is 7.79.